The van der Waals surface area contributed by atoms with Gasteiger partial charge in [0.25, 0.3) is 0 Å². The van der Waals surface area contributed by atoms with Gasteiger partial charge in [-0.25, -0.2) is 0 Å². The van der Waals surface area contributed by atoms with Gasteiger partial charge in [-0.05, 0) is 11.6 Å². The Morgan fingerprint density at radius 3 is 2.72 bits per heavy atom. The van der Waals surface area contributed by atoms with Crippen molar-refractivity contribution in [1.82, 2.24) is 4.90 Å². The van der Waals surface area contributed by atoms with Crippen molar-refractivity contribution >= 4 is 17.4 Å². The SMILES string of the molecule is COCCN(CCC(=N)N)Cc1ccccc1Cl. The third-order valence-electron chi connectivity index (χ3n) is 2.66. The normalized spacial score (nSPS) is 10.8. The van der Waals surface area contributed by atoms with Gasteiger partial charge in [0, 0.05) is 38.2 Å². The fraction of sp³-hybridized carbons (Fsp3) is 0.462. The zero-order valence-electron chi connectivity index (χ0n) is 10.7. The first-order chi connectivity index (χ1) is 8.63. The summed E-state index contributed by atoms with van der Waals surface area (Å²) in [6.07, 6.45) is 0.564. The molecule has 0 heterocycles. The van der Waals surface area contributed by atoms with E-state index in [4.69, 9.17) is 27.5 Å². The molecule has 0 aromatic heterocycles. The Morgan fingerprint density at radius 2 is 2.11 bits per heavy atom. The van der Waals surface area contributed by atoms with E-state index in [0.29, 0.717) is 13.0 Å². The van der Waals surface area contributed by atoms with Gasteiger partial charge >= 0.3 is 0 Å². The standard InChI is InChI=1S/C13H20ClN3O/c1-18-9-8-17(7-6-13(15)16)10-11-4-2-3-5-12(11)14/h2-5H,6-10H2,1H3,(H3,15,16). The number of methoxy groups -OCH3 is 1. The molecule has 0 aliphatic carbocycles. The van der Waals surface area contributed by atoms with Crippen LogP contribution in [0, 0.1) is 5.41 Å². The molecule has 1 aromatic rings. The Balaban J connectivity index is 2.59. The van der Waals surface area contributed by atoms with E-state index >= 15 is 0 Å². The summed E-state index contributed by atoms with van der Waals surface area (Å²) in [5.41, 5.74) is 6.47. The Bertz CT molecular complexity index is 384. The Hall–Kier alpha value is -1.10. The van der Waals surface area contributed by atoms with Gasteiger partial charge in [-0.15, -0.1) is 0 Å². The molecule has 0 atom stereocenters. The highest BCUT2D eigenvalue weighted by molar-refractivity contribution is 6.31. The molecule has 18 heavy (non-hydrogen) atoms. The first-order valence-electron chi connectivity index (χ1n) is 5.91. The molecule has 5 heteroatoms. The Morgan fingerprint density at radius 1 is 1.39 bits per heavy atom. The quantitative estimate of drug-likeness (QED) is 0.561. The second-order valence-electron chi connectivity index (χ2n) is 4.14. The van der Waals surface area contributed by atoms with Gasteiger partial charge in [0.05, 0.1) is 12.4 Å². The van der Waals surface area contributed by atoms with Crippen LogP contribution in [0.2, 0.25) is 5.02 Å². The van der Waals surface area contributed by atoms with Gasteiger partial charge < -0.3 is 10.5 Å². The topological polar surface area (TPSA) is 62.3 Å². The number of nitrogens with zero attached hydrogens (tertiary/aromatic N) is 1. The lowest BCUT2D eigenvalue weighted by Crippen LogP contribution is -2.30. The van der Waals surface area contributed by atoms with Crippen LogP contribution in [-0.4, -0.2) is 37.5 Å². The molecule has 0 fully saturated rings. The smallest absolute Gasteiger partial charge is 0.0918 e. The number of hydrogen-bond acceptors (Lipinski definition) is 3. The predicted octanol–water partition coefficient (Wildman–Crippen LogP) is 2.11. The number of nitrogens with one attached hydrogen (secondary N) is 1. The van der Waals surface area contributed by atoms with E-state index in [-0.39, 0.29) is 5.84 Å². The van der Waals surface area contributed by atoms with Crippen LogP contribution in [0.5, 0.6) is 0 Å². The second-order valence-corrected chi connectivity index (χ2v) is 4.54. The van der Waals surface area contributed by atoms with Crippen LogP contribution in [0.3, 0.4) is 0 Å². The van der Waals surface area contributed by atoms with Crippen molar-refractivity contribution in [3.8, 4) is 0 Å². The molecule has 1 aromatic carbocycles. The molecule has 0 amide bonds. The van der Waals surface area contributed by atoms with Crippen LogP contribution >= 0.6 is 11.6 Å². The van der Waals surface area contributed by atoms with Gasteiger partial charge in [-0.2, -0.15) is 0 Å². The number of hydrogen-bond donors (Lipinski definition) is 2. The number of amidine groups is 1. The van der Waals surface area contributed by atoms with Gasteiger partial charge in [0.1, 0.15) is 0 Å². The van der Waals surface area contributed by atoms with E-state index in [0.717, 1.165) is 30.2 Å². The first-order valence-corrected chi connectivity index (χ1v) is 6.29. The summed E-state index contributed by atoms with van der Waals surface area (Å²) >= 11 is 6.14. The van der Waals surface area contributed by atoms with Crippen molar-refractivity contribution < 1.29 is 4.74 Å². The second kappa shape index (κ2) is 8.08. The van der Waals surface area contributed by atoms with Crippen molar-refractivity contribution in [2.45, 2.75) is 13.0 Å². The summed E-state index contributed by atoms with van der Waals surface area (Å²) in [5.74, 6) is 0.205. The molecule has 100 valence electrons. The molecular formula is C13H20ClN3O. The molecule has 0 spiro atoms. The van der Waals surface area contributed by atoms with Crippen molar-refractivity contribution in [2.75, 3.05) is 26.8 Å². The summed E-state index contributed by atoms with van der Waals surface area (Å²) in [7, 11) is 1.68. The van der Waals surface area contributed by atoms with Crippen LogP contribution in [0.25, 0.3) is 0 Å². The average molecular weight is 270 g/mol. The fourth-order valence-corrected chi connectivity index (χ4v) is 1.83. The molecule has 0 saturated carbocycles. The molecule has 0 unspecified atom stereocenters. The monoisotopic (exact) mass is 269 g/mol. The third kappa shape index (κ3) is 5.49. The molecule has 4 nitrogen and oxygen atoms in total. The van der Waals surface area contributed by atoms with Crippen LogP contribution < -0.4 is 5.73 Å². The third-order valence-corrected chi connectivity index (χ3v) is 3.03. The number of benzene rings is 1. The molecule has 0 aliphatic heterocycles. The maximum Gasteiger partial charge on any atom is 0.0918 e. The number of rotatable bonds is 8. The maximum absolute atomic E-state index is 7.28. The van der Waals surface area contributed by atoms with Crippen LogP contribution in [0.4, 0.5) is 0 Å². The van der Waals surface area contributed by atoms with Crippen molar-refractivity contribution in [3.05, 3.63) is 34.9 Å². The minimum absolute atomic E-state index is 0.205. The highest BCUT2D eigenvalue weighted by Gasteiger charge is 2.08. The summed E-state index contributed by atoms with van der Waals surface area (Å²) in [6.45, 7) is 2.94. The minimum Gasteiger partial charge on any atom is -0.388 e. The minimum atomic E-state index is 0.205. The Kier molecular flexibility index (Phi) is 6.72. The fourth-order valence-electron chi connectivity index (χ4n) is 1.64. The Labute approximate surface area is 113 Å². The van der Waals surface area contributed by atoms with E-state index in [1.165, 1.54) is 0 Å². The van der Waals surface area contributed by atoms with Crippen LogP contribution in [0.1, 0.15) is 12.0 Å². The lowest BCUT2D eigenvalue weighted by Gasteiger charge is -2.22. The zero-order valence-corrected chi connectivity index (χ0v) is 11.4. The van der Waals surface area contributed by atoms with E-state index in [1.54, 1.807) is 7.11 Å². The van der Waals surface area contributed by atoms with Crippen molar-refractivity contribution in [3.63, 3.8) is 0 Å². The van der Waals surface area contributed by atoms with Gasteiger partial charge in [0.2, 0.25) is 0 Å². The number of halogens is 1. The van der Waals surface area contributed by atoms with Crippen molar-refractivity contribution in [1.29, 1.82) is 5.41 Å². The van der Waals surface area contributed by atoms with Crippen LogP contribution in [-0.2, 0) is 11.3 Å². The maximum atomic E-state index is 7.28. The zero-order chi connectivity index (χ0) is 13.4. The van der Waals surface area contributed by atoms with Gasteiger partial charge in [-0.1, -0.05) is 29.8 Å². The van der Waals surface area contributed by atoms with E-state index in [2.05, 4.69) is 4.90 Å². The van der Waals surface area contributed by atoms with E-state index < -0.39 is 0 Å². The molecule has 0 aliphatic rings. The highest BCUT2D eigenvalue weighted by Crippen LogP contribution is 2.17. The van der Waals surface area contributed by atoms with E-state index in [9.17, 15) is 0 Å². The molecular weight excluding hydrogens is 250 g/mol. The molecule has 3 N–H and O–H groups in total. The largest absolute Gasteiger partial charge is 0.388 e. The lowest BCUT2D eigenvalue weighted by atomic mass is 10.2. The summed E-state index contributed by atoms with van der Waals surface area (Å²) in [4.78, 5) is 2.19. The van der Waals surface area contributed by atoms with Gasteiger partial charge in [-0.3, -0.25) is 10.3 Å². The number of nitrogens with two attached hydrogens (primary N) is 1. The number of ether oxygens (including phenoxy) is 1. The van der Waals surface area contributed by atoms with Crippen molar-refractivity contribution in [2.24, 2.45) is 5.73 Å². The summed E-state index contributed by atoms with van der Waals surface area (Å²) in [5, 5.41) is 8.05. The van der Waals surface area contributed by atoms with E-state index in [1.807, 2.05) is 24.3 Å². The lowest BCUT2D eigenvalue weighted by molar-refractivity contribution is 0.145. The molecule has 0 radical (unpaired) electrons. The van der Waals surface area contributed by atoms with Gasteiger partial charge in [0.15, 0.2) is 0 Å². The summed E-state index contributed by atoms with van der Waals surface area (Å²) < 4.78 is 5.09. The average Bonchev–Trinajstić information content (AvgIpc) is 2.35. The molecule has 1 rings (SSSR count). The molecule has 0 saturated heterocycles. The highest BCUT2D eigenvalue weighted by atomic mass is 35.5. The predicted molar refractivity (Wildman–Crippen MR) is 75.1 cm³/mol. The summed E-state index contributed by atoms with van der Waals surface area (Å²) in [6, 6.07) is 7.79. The van der Waals surface area contributed by atoms with Crippen LogP contribution in [0.15, 0.2) is 24.3 Å². The molecule has 0 bridgehead atoms. The first kappa shape index (κ1) is 15.0.